The highest BCUT2D eigenvalue weighted by Gasteiger charge is 2.43. The molecule has 24 heavy (non-hydrogen) atoms. The second-order valence-electron chi connectivity index (χ2n) is 6.98. The van der Waals surface area contributed by atoms with Crippen LogP contribution in [0, 0.1) is 0 Å². The molecule has 0 amide bonds. The Morgan fingerprint density at radius 2 is 2.21 bits per heavy atom. The van der Waals surface area contributed by atoms with Crippen molar-refractivity contribution in [3.05, 3.63) is 28.4 Å². The summed E-state index contributed by atoms with van der Waals surface area (Å²) in [6.45, 7) is 6.74. The summed E-state index contributed by atoms with van der Waals surface area (Å²) < 4.78 is 23.9. The van der Waals surface area contributed by atoms with E-state index in [9.17, 15) is 8.42 Å². The summed E-state index contributed by atoms with van der Waals surface area (Å²) in [4.78, 5) is 6.34. The number of nitrogens with one attached hydrogen (secondary N) is 1. The van der Waals surface area contributed by atoms with Gasteiger partial charge in [0.2, 0.25) is 0 Å². The van der Waals surface area contributed by atoms with Crippen LogP contribution in [-0.2, 0) is 9.84 Å². The number of fused-ring (bicyclic) bond motifs is 1. The molecule has 3 N–H and O–H groups in total. The molecule has 2 aliphatic rings. The predicted octanol–water partition coefficient (Wildman–Crippen LogP) is -0.552. The number of likely N-dealkylation sites (tertiary alicyclic amines) is 1. The molecule has 0 bridgehead atoms. The van der Waals surface area contributed by atoms with E-state index in [0.29, 0.717) is 5.92 Å². The maximum atomic E-state index is 12.0. The third-order valence-electron chi connectivity index (χ3n) is 5.00. The zero-order valence-corrected chi connectivity index (χ0v) is 15.3. The van der Waals surface area contributed by atoms with Gasteiger partial charge in [-0.05, 0) is 29.2 Å². The first-order chi connectivity index (χ1) is 11.3. The third kappa shape index (κ3) is 3.08. The highest BCUT2D eigenvalue weighted by Crippen LogP contribution is 2.26. The smallest absolute Gasteiger partial charge is 0.164 e. The molecule has 2 atom stereocenters. The topological polar surface area (TPSA) is 88.3 Å². The second-order valence-corrected chi connectivity index (χ2v) is 9.38. The molecule has 6 nitrogen and oxygen atoms in total. The van der Waals surface area contributed by atoms with Crippen LogP contribution in [0.3, 0.4) is 0 Å². The Morgan fingerprint density at radius 3 is 2.79 bits per heavy atom. The van der Waals surface area contributed by atoms with Crippen molar-refractivity contribution < 1.29 is 8.42 Å². The van der Waals surface area contributed by atoms with Gasteiger partial charge in [-0.15, -0.1) is 0 Å². The van der Waals surface area contributed by atoms with Crippen LogP contribution < -0.4 is 21.5 Å². The molecule has 7 heteroatoms. The summed E-state index contributed by atoms with van der Waals surface area (Å²) >= 11 is 0. The van der Waals surface area contributed by atoms with E-state index in [1.54, 1.807) is 6.92 Å². The first kappa shape index (κ1) is 17.4. The summed E-state index contributed by atoms with van der Waals surface area (Å²) in [6, 6.07) is -0.0389. The van der Waals surface area contributed by atoms with Gasteiger partial charge in [0.05, 0.1) is 5.75 Å². The lowest BCUT2D eigenvalue weighted by atomic mass is 9.96. The van der Waals surface area contributed by atoms with Crippen LogP contribution in [-0.4, -0.2) is 48.2 Å². The van der Waals surface area contributed by atoms with Crippen LogP contribution in [0.5, 0.6) is 0 Å². The van der Waals surface area contributed by atoms with E-state index in [4.69, 9.17) is 5.73 Å². The minimum absolute atomic E-state index is 0.0389. The first-order valence-electron chi connectivity index (χ1n) is 8.46. The van der Waals surface area contributed by atoms with E-state index in [2.05, 4.69) is 24.1 Å². The van der Waals surface area contributed by atoms with Crippen LogP contribution in [0.25, 0.3) is 12.3 Å². The van der Waals surface area contributed by atoms with Crippen LogP contribution in [0.4, 0.5) is 0 Å². The Balaban J connectivity index is 1.95. The van der Waals surface area contributed by atoms with E-state index >= 15 is 0 Å². The lowest BCUT2D eigenvalue weighted by Crippen LogP contribution is -2.73. The van der Waals surface area contributed by atoms with Gasteiger partial charge < -0.3 is 5.32 Å². The van der Waals surface area contributed by atoms with Crippen molar-refractivity contribution in [3.8, 4) is 0 Å². The van der Waals surface area contributed by atoms with Crippen LogP contribution in [0.2, 0.25) is 0 Å². The van der Waals surface area contributed by atoms with Crippen molar-refractivity contribution in [2.45, 2.75) is 44.9 Å². The summed E-state index contributed by atoms with van der Waals surface area (Å²) in [5, 5.41) is 5.34. The Morgan fingerprint density at radius 1 is 1.46 bits per heavy atom. The maximum absolute atomic E-state index is 12.0. The Hall–Kier alpha value is -1.44. The fraction of sp³-hybridized carbons (Fsp3) is 0.588. The van der Waals surface area contributed by atoms with Crippen LogP contribution in [0.1, 0.15) is 38.7 Å². The fourth-order valence-electron chi connectivity index (χ4n) is 3.38. The molecule has 132 valence electrons. The molecular weight excluding hydrogens is 324 g/mol. The molecule has 2 aliphatic heterocycles. The Kier molecular flexibility index (Phi) is 4.44. The standard InChI is InChI=1S/C17H26N4O2S/c1-4-24(22,23)11-14-5-6-21(14)17(18)7-15-13(9-20-17)8-19-10-16(15)12(2)3/h7-10,12,14,20H,4-6,11,18H2,1-3H3. The van der Waals surface area contributed by atoms with Crippen LogP contribution in [0.15, 0.2) is 12.4 Å². The van der Waals surface area contributed by atoms with Gasteiger partial charge in [-0.3, -0.25) is 15.6 Å². The van der Waals surface area contributed by atoms with Gasteiger partial charge in [-0.2, -0.15) is 0 Å². The highest BCUT2D eigenvalue weighted by atomic mass is 32.2. The zero-order valence-electron chi connectivity index (χ0n) is 14.5. The quantitative estimate of drug-likeness (QED) is 0.741. The number of hydrogen-bond donors (Lipinski definition) is 2. The number of pyridine rings is 1. The van der Waals surface area contributed by atoms with E-state index in [1.165, 1.54) is 0 Å². The number of hydrogen-bond acceptors (Lipinski definition) is 6. The molecule has 0 radical (unpaired) electrons. The summed E-state index contributed by atoms with van der Waals surface area (Å²) in [5.41, 5.74) is 7.76. The lowest BCUT2D eigenvalue weighted by molar-refractivity contribution is 0.0124. The summed E-state index contributed by atoms with van der Waals surface area (Å²) in [5.74, 6) is -0.181. The molecule has 3 heterocycles. The number of rotatable bonds is 5. The fourth-order valence-corrected chi connectivity index (χ4v) is 4.55. The van der Waals surface area contributed by atoms with Crippen molar-refractivity contribution in [2.75, 3.05) is 18.1 Å². The molecule has 0 saturated carbocycles. The third-order valence-corrected chi connectivity index (χ3v) is 6.77. The van der Waals surface area contributed by atoms with Gasteiger partial charge in [0.15, 0.2) is 15.6 Å². The number of nitrogens with zero attached hydrogens (tertiary/aromatic N) is 2. The highest BCUT2D eigenvalue weighted by molar-refractivity contribution is 7.91. The molecule has 1 saturated heterocycles. The van der Waals surface area contributed by atoms with E-state index in [-0.39, 0.29) is 17.5 Å². The van der Waals surface area contributed by atoms with Crippen molar-refractivity contribution in [1.29, 1.82) is 0 Å². The number of aromatic nitrogens is 1. The van der Waals surface area contributed by atoms with Gasteiger partial charge in [0, 0.05) is 42.2 Å². The molecule has 1 aromatic heterocycles. The minimum Gasteiger partial charge on any atom is -0.357 e. The molecule has 0 aromatic carbocycles. The van der Waals surface area contributed by atoms with Gasteiger partial charge >= 0.3 is 0 Å². The minimum atomic E-state index is -3.02. The second kappa shape index (κ2) is 6.13. The van der Waals surface area contributed by atoms with E-state index in [0.717, 1.165) is 29.0 Å². The average Bonchev–Trinajstić information content (AvgIpc) is 2.50. The van der Waals surface area contributed by atoms with Crippen molar-refractivity contribution in [1.82, 2.24) is 15.2 Å². The maximum Gasteiger partial charge on any atom is 0.164 e. The van der Waals surface area contributed by atoms with Gasteiger partial charge in [-0.1, -0.05) is 20.8 Å². The number of sulfone groups is 1. The SMILES string of the molecule is CCS(=O)(=O)CC1CCN1C1(N)C=c2c(C(C)C)cncc2=CN1. The molecule has 1 aromatic rings. The van der Waals surface area contributed by atoms with Crippen LogP contribution >= 0.6 is 0 Å². The first-order valence-corrected chi connectivity index (χ1v) is 10.3. The molecule has 0 aliphatic carbocycles. The molecule has 1 fully saturated rings. The van der Waals surface area contributed by atoms with Crippen molar-refractivity contribution in [2.24, 2.45) is 5.73 Å². The van der Waals surface area contributed by atoms with Crippen molar-refractivity contribution in [3.63, 3.8) is 0 Å². The Bertz CT molecular complexity index is 850. The lowest BCUT2D eigenvalue weighted by Gasteiger charge is -2.51. The molecule has 2 unspecified atom stereocenters. The van der Waals surface area contributed by atoms with Crippen molar-refractivity contribution >= 4 is 22.1 Å². The number of nitrogens with two attached hydrogens (primary N) is 1. The van der Waals surface area contributed by atoms with Gasteiger partial charge in [0.1, 0.15) is 0 Å². The molecule has 3 rings (SSSR count). The predicted molar refractivity (Wildman–Crippen MR) is 96.0 cm³/mol. The van der Waals surface area contributed by atoms with Gasteiger partial charge in [-0.25, -0.2) is 8.42 Å². The average molecular weight is 350 g/mol. The normalized spacial score (nSPS) is 26.8. The molecule has 0 spiro atoms. The monoisotopic (exact) mass is 350 g/mol. The summed E-state index contributed by atoms with van der Waals surface area (Å²) in [7, 11) is -3.02. The van der Waals surface area contributed by atoms with Gasteiger partial charge in [0.25, 0.3) is 0 Å². The largest absolute Gasteiger partial charge is 0.357 e. The van der Waals surface area contributed by atoms with E-state index < -0.39 is 15.6 Å². The Labute approximate surface area is 143 Å². The molecular formula is C17H26N4O2S. The van der Waals surface area contributed by atoms with E-state index in [1.807, 2.05) is 29.6 Å². The zero-order chi connectivity index (χ0) is 17.5. The summed E-state index contributed by atoms with van der Waals surface area (Å²) in [6.07, 6.45) is 8.46.